The summed E-state index contributed by atoms with van der Waals surface area (Å²) < 4.78 is 14.9. The van der Waals surface area contributed by atoms with Gasteiger partial charge in [0, 0.05) is 24.4 Å². The maximum absolute atomic E-state index is 12.9. The first-order chi connectivity index (χ1) is 9.74. The fourth-order valence-corrected chi connectivity index (χ4v) is 3.04. The highest BCUT2D eigenvalue weighted by atomic mass is 32.1. The van der Waals surface area contributed by atoms with Crippen molar-refractivity contribution in [3.63, 3.8) is 0 Å². The second kappa shape index (κ2) is 5.73. The molecule has 2 heterocycles. The number of hydrogen-bond acceptors (Lipinski definition) is 3. The van der Waals surface area contributed by atoms with Gasteiger partial charge in [0.05, 0.1) is 5.69 Å². The molecule has 3 rings (SSSR count). The van der Waals surface area contributed by atoms with Crippen LogP contribution in [0.3, 0.4) is 0 Å². The van der Waals surface area contributed by atoms with Crippen LogP contribution >= 0.6 is 11.3 Å². The predicted octanol–water partition coefficient (Wildman–Crippen LogP) is 2.93. The van der Waals surface area contributed by atoms with Crippen LogP contribution in [0, 0.1) is 11.7 Å². The van der Waals surface area contributed by atoms with Gasteiger partial charge in [0.2, 0.25) is 0 Å². The molecule has 1 aromatic carbocycles. The lowest BCUT2D eigenvalue weighted by Crippen LogP contribution is -2.13. The van der Waals surface area contributed by atoms with Gasteiger partial charge in [-0.3, -0.25) is 4.40 Å². The molecule has 0 amide bonds. The van der Waals surface area contributed by atoms with Gasteiger partial charge in [-0.05, 0) is 36.5 Å². The topological polar surface area (TPSA) is 37.5 Å². The van der Waals surface area contributed by atoms with Gasteiger partial charge in [-0.15, -0.1) is 11.3 Å². The Morgan fingerprint density at radius 2 is 2.05 bits per heavy atom. The van der Waals surface area contributed by atoms with Crippen molar-refractivity contribution in [1.29, 1.82) is 0 Å². The van der Waals surface area contributed by atoms with Gasteiger partial charge in [0.15, 0.2) is 4.96 Å². The molecule has 1 N–H and O–H groups in total. The lowest BCUT2D eigenvalue weighted by Gasteiger charge is -2.12. The molecule has 0 bridgehead atoms. The first kappa shape index (κ1) is 13.3. The molecule has 1 atom stereocenters. The van der Waals surface area contributed by atoms with Gasteiger partial charge < -0.3 is 5.11 Å². The third-order valence-electron chi connectivity index (χ3n) is 3.34. The Hall–Kier alpha value is -1.72. The van der Waals surface area contributed by atoms with Crippen LogP contribution < -0.4 is 0 Å². The summed E-state index contributed by atoms with van der Waals surface area (Å²) in [7, 11) is 0. The summed E-state index contributed by atoms with van der Waals surface area (Å²) in [6, 6.07) is 6.44. The number of aliphatic hydroxyl groups excluding tert-OH is 1. The quantitative estimate of drug-likeness (QED) is 0.784. The Morgan fingerprint density at radius 3 is 2.75 bits per heavy atom. The molecule has 3 nitrogen and oxygen atoms in total. The monoisotopic (exact) mass is 290 g/mol. The van der Waals surface area contributed by atoms with E-state index in [-0.39, 0.29) is 18.3 Å². The highest BCUT2D eigenvalue weighted by Gasteiger charge is 2.12. The van der Waals surface area contributed by atoms with E-state index >= 15 is 0 Å². The van der Waals surface area contributed by atoms with Crippen LogP contribution in [0.2, 0.25) is 0 Å². The zero-order chi connectivity index (χ0) is 13.9. The van der Waals surface area contributed by atoms with Gasteiger partial charge in [-0.2, -0.15) is 0 Å². The molecule has 0 spiro atoms. The highest BCUT2D eigenvalue weighted by Crippen LogP contribution is 2.17. The van der Waals surface area contributed by atoms with E-state index in [2.05, 4.69) is 4.98 Å². The van der Waals surface area contributed by atoms with Crippen molar-refractivity contribution in [1.82, 2.24) is 9.38 Å². The number of thiazole rings is 1. The van der Waals surface area contributed by atoms with E-state index in [0.717, 1.165) is 29.1 Å². The summed E-state index contributed by atoms with van der Waals surface area (Å²) in [5.74, 6) is -0.131. The smallest absolute Gasteiger partial charge is 0.193 e. The molecular formula is C15H15FN2OS. The van der Waals surface area contributed by atoms with E-state index in [9.17, 15) is 9.50 Å². The Balaban J connectivity index is 1.70. The SMILES string of the molecule is OCC(Cc1ccc(F)cc1)Cc1cn2ccsc2n1. The molecule has 20 heavy (non-hydrogen) atoms. The zero-order valence-electron chi connectivity index (χ0n) is 10.9. The van der Waals surface area contributed by atoms with Crippen LogP contribution in [0.1, 0.15) is 11.3 Å². The molecule has 0 fully saturated rings. The van der Waals surface area contributed by atoms with E-state index in [1.54, 1.807) is 23.5 Å². The molecule has 0 saturated carbocycles. The van der Waals surface area contributed by atoms with Crippen molar-refractivity contribution in [2.75, 3.05) is 6.61 Å². The molecular weight excluding hydrogens is 275 g/mol. The molecule has 0 aliphatic carbocycles. The van der Waals surface area contributed by atoms with Crippen LogP contribution in [-0.4, -0.2) is 21.1 Å². The highest BCUT2D eigenvalue weighted by molar-refractivity contribution is 7.15. The second-order valence-corrected chi connectivity index (χ2v) is 5.78. The molecule has 104 valence electrons. The summed E-state index contributed by atoms with van der Waals surface area (Å²) >= 11 is 1.60. The van der Waals surface area contributed by atoms with E-state index in [0.29, 0.717) is 0 Å². The first-order valence-electron chi connectivity index (χ1n) is 6.51. The van der Waals surface area contributed by atoms with E-state index < -0.39 is 0 Å². The van der Waals surface area contributed by atoms with Crippen LogP contribution in [0.5, 0.6) is 0 Å². The molecule has 0 aliphatic heterocycles. The minimum Gasteiger partial charge on any atom is -0.396 e. The number of rotatable bonds is 5. The Labute approximate surface area is 120 Å². The largest absolute Gasteiger partial charge is 0.396 e. The van der Waals surface area contributed by atoms with Gasteiger partial charge in [0.25, 0.3) is 0 Å². The predicted molar refractivity (Wildman–Crippen MR) is 77.5 cm³/mol. The maximum Gasteiger partial charge on any atom is 0.193 e. The van der Waals surface area contributed by atoms with Crippen molar-refractivity contribution in [3.05, 3.63) is 59.1 Å². The van der Waals surface area contributed by atoms with E-state index in [1.807, 2.05) is 22.2 Å². The van der Waals surface area contributed by atoms with E-state index in [4.69, 9.17) is 0 Å². The fourth-order valence-electron chi connectivity index (χ4n) is 2.33. The van der Waals surface area contributed by atoms with Gasteiger partial charge in [0.1, 0.15) is 5.82 Å². The minimum absolute atomic E-state index is 0.0998. The number of aliphatic hydroxyl groups is 1. The number of aromatic nitrogens is 2. The lowest BCUT2D eigenvalue weighted by molar-refractivity contribution is 0.224. The lowest BCUT2D eigenvalue weighted by atomic mass is 9.96. The van der Waals surface area contributed by atoms with Crippen molar-refractivity contribution >= 4 is 16.3 Å². The average Bonchev–Trinajstić information content (AvgIpc) is 3.01. The number of nitrogens with zero attached hydrogens (tertiary/aromatic N) is 2. The summed E-state index contributed by atoms with van der Waals surface area (Å²) in [4.78, 5) is 5.50. The van der Waals surface area contributed by atoms with Crippen LogP contribution in [0.4, 0.5) is 4.39 Å². The third kappa shape index (κ3) is 2.89. The summed E-state index contributed by atoms with van der Waals surface area (Å²) in [6.45, 7) is 0.0998. The average molecular weight is 290 g/mol. The molecule has 0 aliphatic rings. The summed E-state index contributed by atoms with van der Waals surface area (Å²) in [6.07, 6.45) is 5.42. The van der Waals surface area contributed by atoms with Crippen LogP contribution in [-0.2, 0) is 12.8 Å². The fraction of sp³-hybridized carbons (Fsp3) is 0.267. The van der Waals surface area contributed by atoms with Crippen LogP contribution in [0.25, 0.3) is 4.96 Å². The van der Waals surface area contributed by atoms with Crippen molar-refractivity contribution < 1.29 is 9.50 Å². The Kier molecular flexibility index (Phi) is 3.80. The van der Waals surface area contributed by atoms with Crippen LogP contribution in [0.15, 0.2) is 42.0 Å². The number of benzene rings is 1. The number of imidazole rings is 1. The second-order valence-electron chi connectivity index (χ2n) is 4.91. The number of hydrogen-bond donors (Lipinski definition) is 1. The summed E-state index contributed by atoms with van der Waals surface area (Å²) in [5, 5.41) is 11.5. The zero-order valence-corrected chi connectivity index (χ0v) is 11.7. The number of halogens is 1. The molecule has 2 aromatic heterocycles. The van der Waals surface area contributed by atoms with Gasteiger partial charge in [-0.1, -0.05) is 12.1 Å². The van der Waals surface area contributed by atoms with Gasteiger partial charge in [-0.25, -0.2) is 9.37 Å². The van der Waals surface area contributed by atoms with Crippen molar-refractivity contribution in [2.24, 2.45) is 5.92 Å². The Bertz CT molecular complexity index is 661. The first-order valence-corrected chi connectivity index (χ1v) is 7.39. The molecule has 0 saturated heterocycles. The molecule has 0 radical (unpaired) electrons. The molecule has 5 heteroatoms. The Morgan fingerprint density at radius 1 is 1.25 bits per heavy atom. The maximum atomic E-state index is 12.9. The van der Waals surface area contributed by atoms with Crippen molar-refractivity contribution in [2.45, 2.75) is 12.8 Å². The van der Waals surface area contributed by atoms with E-state index in [1.165, 1.54) is 12.1 Å². The third-order valence-corrected chi connectivity index (χ3v) is 4.11. The van der Waals surface area contributed by atoms with Gasteiger partial charge >= 0.3 is 0 Å². The number of fused-ring (bicyclic) bond motifs is 1. The minimum atomic E-state index is -0.233. The standard InChI is InChI=1S/C15H15FN2OS/c16-13-3-1-11(2-4-13)7-12(10-19)8-14-9-18-5-6-20-15(18)17-14/h1-6,9,12,19H,7-8,10H2. The molecule has 3 aromatic rings. The van der Waals surface area contributed by atoms with Crippen molar-refractivity contribution in [3.8, 4) is 0 Å². The normalized spacial score (nSPS) is 12.9. The summed E-state index contributed by atoms with van der Waals surface area (Å²) in [5.41, 5.74) is 2.02. The molecule has 1 unspecified atom stereocenters.